The third-order valence-electron chi connectivity index (χ3n) is 4.93. The summed E-state index contributed by atoms with van der Waals surface area (Å²) in [6.07, 6.45) is 1.47. The van der Waals surface area contributed by atoms with Crippen LogP contribution in [0.25, 0.3) is 6.08 Å². The van der Waals surface area contributed by atoms with Crippen molar-refractivity contribution < 1.29 is 26.9 Å². The van der Waals surface area contributed by atoms with Crippen LogP contribution in [0.1, 0.15) is 11.1 Å². The number of amides is 2. The van der Waals surface area contributed by atoms with Gasteiger partial charge in [0.15, 0.2) is 5.75 Å². The molecule has 0 aromatic heterocycles. The minimum Gasteiger partial charge on any atom is -0.493 e. The Hall–Kier alpha value is -2.98. The zero-order chi connectivity index (χ0) is 25.2. The third-order valence-corrected chi connectivity index (χ3v) is 7.73. The molecule has 0 bridgehead atoms. The van der Waals surface area contributed by atoms with Gasteiger partial charge in [0.1, 0.15) is 4.90 Å². The van der Waals surface area contributed by atoms with Gasteiger partial charge in [0.25, 0.3) is 11.1 Å². The van der Waals surface area contributed by atoms with Gasteiger partial charge in [-0.1, -0.05) is 59.6 Å². The minimum absolute atomic E-state index is 0.0376. The summed E-state index contributed by atoms with van der Waals surface area (Å²) in [7, 11) is -2.83. The normalized spacial score (nSPS) is 15.1. The zero-order valence-corrected chi connectivity index (χ0v) is 21.2. The Bertz CT molecular complexity index is 1440. The first-order valence-corrected chi connectivity index (χ1v) is 13.0. The maximum atomic E-state index is 12.9. The van der Waals surface area contributed by atoms with Gasteiger partial charge in [-0.15, -0.1) is 0 Å². The molecule has 1 aliphatic rings. The number of carbonyl (C=O) groups excluding carboxylic acids is 2. The van der Waals surface area contributed by atoms with E-state index in [2.05, 4.69) is 0 Å². The van der Waals surface area contributed by atoms with Gasteiger partial charge in [0, 0.05) is 5.02 Å². The summed E-state index contributed by atoms with van der Waals surface area (Å²) in [4.78, 5) is 26.6. The molecule has 0 unspecified atom stereocenters. The molecule has 0 aliphatic carbocycles. The predicted molar refractivity (Wildman–Crippen MR) is 135 cm³/mol. The summed E-state index contributed by atoms with van der Waals surface area (Å²) in [5, 5.41) is -0.0355. The summed E-state index contributed by atoms with van der Waals surface area (Å²) in [5.41, 5.74) is 1.06. The van der Waals surface area contributed by atoms with Crippen molar-refractivity contribution in [2.24, 2.45) is 0 Å². The van der Waals surface area contributed by atoms with Gasteiger partial charge >= 0.3 is 10.1 Å². The van der Waals surface area contributed by atoms with Gasteiger partial charge in [-0.05, 0) is 59.3 Å². The number of imide groups is 1. The van der Waals surface area contributed by atoms with Crippen LogP contribution in [-0.4, -0.2) is 31.6 Å². The largest absolute Gasteiger partial charge is 0.493 e. The lowest BCUT2D eigenvalue weighted by Crippen LogP contribution is -2.27. The maximum absolute atomic E-state index is 12.9. The Kier molecular flexibility index (Phi) is 7.42. The van der Waals surface area contributed by atoms with Crippen LogP contribution in [0.4, 0.5) is 4.79 Å². The molecule has 35 heavy (non-hydrogen) atoms. The Labute approximate surface area is 216 Å². The molecule has 11 heteroatoms. The maximum Gasteiger partial charge on any atom is 0.339 e. The van der Waals surface area contributed by atoms with E-state index in [0.29, 0.717) is 16.1 Å². The van der Waals surface area contributed by atoms with E-state index in [9.17, 15) is 18.0 Å². The number of rotatable bonds is 7. The Morgan fingerprint density at radius 3 is 2.34 bits per heavy atom. The summed E-state index contributed by atoms with van der Waals surface area (Å²) >= 11 is 13.3. The number of thioether (sulfide) groups is 1. The van der Waals surface area contributed by atoms with Crippen molar-refractivity contribution in [2.75, 3.05) is 7.11 Å². The van der Waals surface area contributed by atoms with E-state index in [0.717, 1.165) is 16.7 Å². The third kappa shape index (κ3) is 5.48. The second kappa shape index (κ2) is 10.3. The number of carbonyl (C=O) groups is 2. The van der Waals surface area contributed by atoms with Crippen molar-refractivity contribution in [2.45, 2.75) is 11.4 Å². The lowest BCUT2D eigenvalue weighted by Gasteiger charge is -2.14. The molecule has 3 aromatic rings. The highest BCUT2D eigenvalue weighted by molar-refractivity contribution is 8.18. The second-order valence-corrected chi connectivity index (χ2v) is 10.6. The molecule has 4 rings (SSSR count). The van der Waals surface area contributed by atoms with Gasteiger partial charge in [0.05, 0.1) is 23.6 Å². The first-order valence-electron chi connectivity index (χ1n) is 10.1. The molecule has 1 fully saturated rings. The van der Waals surface area contributed by atoms with Crippen LogP contribution >= 0.6 is 35.0 Å². The predicted octanol–water partition coefficient (Wildman–Crippen LogP) is 6.01. The average Bonchev–Trinajstić information content (AvgIpc) is 3.09. The molecule has 0 saturated carbocycles. The van der Waals surface area contributed by atoms with Crippen molar-refractivity contribution in [1.29, 1.82) is 0 Å². The molecule has 180 valence electrons. The smallest absolute Gasteiger partial charge is 0.339 e. The topological polar surface area (TPSA) is 90.0 Å². The first kappa shape index (κ1) is 25.1. The van der Waals surface area contributed by atoms with Gasteiger partial charge in [0.2, 0.25) is 5.75 Å². The molecule has 1 aliphatic heterocycles. The molecule has 7 nitrogen and oxygen atoms in total. The van der Waals surface area contributed by atoms with Crippen LogP contribution in [0, 0.1) is 0 Å². The molecular formula is C24H17Cl2NO6S2. The van der Waals surface area contributed by atoms with E-state index in [1.165, 1.54) is 37.5 Å². The fourth-order valence-corrected chi connectivity index (χ4v) is 5.55. The molecule has 0 spiro atoms. The number of ether oxygens (including phenoxy) is 1. The van der Waals surface area contributed by atoms with Crippen molar-refractivity contribution in [1.82, 2.24) is 4.90 Å². The molecule has 0 atom stereocenters. The Morgan fingerprint density at radius 2 is 1.66 bits per heavy atom. The highest BCUT2D eigenvalue weighted by Crippen LogP contribution is 2.40. The van der Waals surface area contributed by atoms with Crippen molar-refractivity contribution in [3.05, 3.63) is 92.8 Å². The number of halogens is 2. The van der Waals surface area contributed by atoms with Gasteiger partial charge in [-0.25, -0.2) is 0 Å². The number of benzene rings is 3. The first-order chi connectivity index (χ1) is 16.7. The zero-order valence-electron chi connectivity index (χ0n) is 18.1. The minimum atomic E-state index is -4.16. The highest BCUT2D eigenvalue weighted by atomic mass is 35.5. The fraction of sp³-hybridized carbons (Fsp3) is 0.0833. The lowest BCUT2D eigenvalue weighted by atomic mass is 10.1. The monoisotopic (exact) mass is 549 g/mol. The van der Waals surface area contributed by atoms with Crippen LogP contribution in [0.5, 0.6) is 11.5 Å². The second-order valence-electron chi connectivity index (χ2n) is 7.24. The molecule has 1 heterocycles. The average molecular weight is 550 g/mol. The van der Waals surface area contributed by atoms with Crippen molar-refractivity contribution in [3.63, 3.8) is 0 Å². The van der Waals surface area contributed by atoms with E-state index < -0.39 is 21.3 Å². The summed E-state index contributed by atoms with van der Waals surface area (Å²) < 4.78 is 35.8. The number of methoxy groups -OCH3 is 1. The summed E-state index contributed by atoms with van der Waals surface area (Å²) in [6.45, 7) is 0.0376. The molecule has 0 N–H and O–H groups in total. The van der Waals surface area contributed by atoms with E-state index in [1.54, 1.807) is 42.5 Å². The number of hydrogen-bond acceptors (Lipinski definition) is 7. The van der Waals surface area contributed by atoms with Crippen LogP contribution in [0.15, 0.2) is 76.5 Å². The van der Waals surface area contributed by atoms with E-state index in [-0.39, 0.29) is 32.9 Å². The van der Waals surface area contributed by atoms with Crippen LogP contribution in [0.2, 0.25) is 10.0 Å². The van der Waals surface area contributed by atoms with Crippen molar-refractivity contribution >= 4 is 62.3 Å². The number of hydrogen-bond donors (Lipinski definition) is 0. The van der Waals surface area contributed by atoms with E-state index in [1.807, 2.05) is 0 Å². The molecule has 0 radical (unpaired) electrons. The number of nitrogens with zero attached hydrogens (tertiary/aromatic N) is 1. The molecule has 3 aromatic carbocycles. The highest BCUT2D eigenvalue weighted by Gasteiger charge is 2.35. The summed E-state index contributed by atoms with van der Waals surface area (Å²) in [6, 6.07) is 17.4. The van der Waals surface area contributed by atoms with Crippen LogP contribution in [0.3, 0.4) is 0 Å². The SMILES string of the molecule is COc1cc(/C=C2\SC(=O)N(Cc3ccccc3Cl)C2=O)cc(Cl)c1OS(=O)(=O)c1ccccc1. The fourth-order valence-electron chi connectivity index (χ4n) is 3.23. The van der Waals surface area contributed by atoms with Gasteiger partial charge in [-0.2, -0.15) is 8.42 Å². The molecule has 2 amide bonds. The Balaban J connectivity index is 1.61. The van der Waals surface area contributed by atoms with Crippen LogP contribution in [-0.2, 0) is 21.5 Å². The van der Waals surface area contributed by atoms with Crippen LogP contribution < -0.4 is 8.92 Å². The Morgan fingerprint density at radius 1 is 0.971 bits per heavy atom. The van der Waals surface area contributed by atoms with Crippen molar-refractivity contribution in [3.8, 4) is 11.5 Å². The molecular weight excluding hydrogens is 533 g/mol. The molecule has 1 saturated heterocycles. The summed E-state index contributed by atoms with van der Waals surface area (Å²) in [5.74, 6) is -0.637. The van der Waals surface area contributed by atoms with Gasteiger partial charge in [-0.3, -0.25) is 14.5 Å². The van der Waals surface area contributed by atoms with Gasteiger partial charge < -0.3 is 8.92 Å². The van der Waals surface area contributed by atoms with E-state index in [4.69, 9.17) is 32.1 Å². The quantitative estimate of drug-likeness (QED) is 0.263. The standard InChI is InChI=1S/C24H17Cl2NO6S2/c1-32-20-12-15(11-19(26)22(20)33-35(30,31)17-8-3-2-4-9-17)13-21-23(28)27(24(29)34-21)14-16-7-5-6-10-18(16)25/h2-13H,14H2,1H3/b21-13-. The lowest BCUT2D eigenvalue weighted by molar-refractivity contribution is -0.123. The van der Waals surface area contributed by atoms with E-state index >= 15 is 0 Å².